The van der Waals surface area contributed by atoms with E-state index in [1.807, 2.05) is 0 Å². The molecule has 0 aliphatic rings. The average Bonchev–Trinajstić information content (AvgIpc) is 3.09. The smallest absolute Gasteiger partial charge is 0.257 e. The summed E-state index contributed by atoms with van der Waals surface area (Å²) in [6.07, 6.45) is 0. The number of hydrogen-bond donors (Lipinski definition) is 2. The molecule has 3 rings (SSSR count). The summed E-state index contributed by atoms with van der Waals surface area (Å²) in [5.74, 6) is -0.458. The van der Waals surface area contributed by atoms with Crippen LogP contribution in [0.5, 0.6) is 5.75 Å². The zero-order valence-corrected chi connectivity index (χ0v) is 15.4. The van der Waals surface area contributed by atoms with Crippen molar-refractivity contribution in [1.82, 2.24) is 4.98 Å². The predicted octanol–water partition coefficient (Wildman–Crippen LogP) is 4.17. The van der Waals surface area contributed by atoms with Crippen molar-refractivity contribution in [3.63, 3.8) is 0 Å². The van der Waals surface area contributed by atoms with Crippen LogP contribution in [-0.2, 0) is 4.79 Å². The standard InChI is InChI=1S/C19H16FN3O3S/c1-11(24)21-13-5-8-15(16(20)9-13)17-10-27-19(22-17)23-18(25)12-3-6-14(26-2)7-4-12/h3-10H,1-2H3,(H,21,24)(H,22,23,25). The first kappa shape index (κ1) is 18.5. The fourth-order valence-corrected chi connectivity index (χ4v) is 3.08. The van der Waals surface area contributed by atoms with E-state index in [9.17, 15) is 14.0 Å². The number of carbonyl (C=O) groups is 2. The molecular formula is C19H16FN3O3S. The van der Waals surface area contributed by atoms with E-state index in [0.717, 1.165) is 0 Å². The monoisotopic (exact) mass is 385 g/mol. The van der Waals surface area contributed by atoms with Crippen LogP contribution in [0.3, 0.4) is 0 Å². The molecule has 0 aliphatic carbocycles. The van der Waals surface area contributed by atoms with Crippen molar-refractivity contribution in [3.05, 3.63) is 59.2 Å². The zero-order chi connectivity index (χ0) is 19.4. The van der Waals surface area contributed by atoms with Crippen molar-refractivity contribution >= 4 is 34.0 Å². The number of amides is 2. The molecule has 8 heteroatoms. The number of ether oxygens (including phenoxy) is 1. The van der Waals surface area contributed by atoms with Gasteiger partial charge in [-0.3, -0.25) is 14.9 Å². The van der Waals surface area contributed by atoms with Crippen molar-refractivity contribution in [2.45, 2.75) is 6.92 Å². The molecule has 2 aromatic carbocycles. The van der Waals surface area contributed by atoms with Gasteiger partial charge in [0.1, 0.15) is 11.6 Å². The molecule has 138 valence electrons. The Morgan fingerprint density at radius 1 is 1.11 bits per heavy atom. The molecule has 0 radical (unpaired) electrons. The van der Waals surface area contributed by atoms with Gasteiger partial charge < -0.3 is 10.1 Å². The lowest BCUT2D eigenvalue weighted by Gasteiger charge is -2.05. The van der Waals surface area contributed by atoms with Crippen molar-refractivity contribution in [2.75, 3.05) is 17.7 Å². The predicted molar refractivity (Wildman–Crippen MR) is 103 cm³/mol. The van der Waals surface area contributed by atoms with Crippen LogP contribution in [0.25, 0.3) is 11.3 Å². The van der Waals surface area contributed by atoms with Crippen LogP contribution in [0.15, 0.2) is 47.8 Å². The number of benzene rings is 2. The van der Waals surface area contributed by atoms with Crippen LogP contribution in [0.1, 0.15) is 17.3 Å². The number of carbonyl (C=O) groups excluding carboxylic acids is 2. The molecule has 2 amide bonds. The second-order valence-corrected chi connectivity index (χ2v) is 6.45. The minimum atomic E-state index is -0.514. The third-order valence-corrected chi connectivity index (χ3v) is 4.40. The number of hydrogen-bond acceptors (Lipinski definition) is 5. The number of thiazole rings is 1. The third kappa shape index (κ3) is 4.48. The molecular weight excluding hydrogens is 369 g/mol. The van der Waals surface area contributed by atoms with Gasteiger partial charge in [-0.1, -0.05) is 0 Å². The lowest BCUT2D eigenvalue weighted by atomic mass is 10.1. The maximum absolute atomic E-state index is 14.3. The quantitative estimate of drug-likeness (QED) is 0.691. The van der Waals surface area contributed by atoms with Crippen LogP contribution >= 0.6 is 11.3 Å². The first-order chi connectivity index (χ1) is 13.0. The molecule has 27 heavy (non-hydrogen) atoms. The first-order valence-corrected chi connectivity index (χ1v) is 8.82. The van der Waals surface area contributed by atoms with E-state index in [1.165, 1.54) is 30.4 Å². The van der Waals surface area contributed by atoms with E-state index in [0.29, 0.717) is 27.8 Å². The van der Waals surface area contributed by atoms with Gasteiger partial charge in [0.15, 0.2) is 5.13 Å². The first-order valence-electron chi connectivity index (χ1n) is 7.94. The number of aromatic nitrogens is 1. The molecule has 3 aromatic rings. The average molecular weight is 385 g/mol. The van der Waals surface area contributed by atoms with E-state index < -0.39 is 5.82 Å². The van der Waals surface area contributed by atoms with Gasteiger partial charge in [0.25, 0.3) is 5.91 Å². The maximum Gasteiger partial charge on any atom is 0.257 e. The number of nitrogens with one attached hydrogen (secondary N) is 2. The fraction of sp³-hybridized carbons (Fsp3) is 0.105. The summed E-state index contributed by atoms with van der Waals surface area (Å²) in [4.78, 5) is 27.6. The van der Waals surface area contributed by atoms with E-state index in [2.05, 4.69) is 15.6 Å². The largest absolute Gasteiger partial charge is 0.497 e. The Bertz CT molecular complexity index is 986. The molecule has 2 N–H and O–H groups in total. The van der Waals surface area contributed by atoms with Gasteiger partial charge in [0.2, 0.25) is 5.91 Å². The van der Waals surface area contributed by atoms with Crippen molar-refractivity contribution in [1.29, 1.82) is 0 Å². The molecule has 0 saturated heterocycles. The van der Waals surface area contributed by atoms with Crippen LogP contribution in [0, 0.1) is 5.82 Å². The highest BCUT2D eigenvalue weighted by molar-refractivity contribution is 7.14. The van der Waals surface area contributed by atoms with E-state index >= 15 is 0 Å². The summed E-state index contributed by atoms with van der Waals surface area (Å²) in [6, 6.07) is 11.0. The van der Waals surface area contributed by atoms with E-state index in [-0.39, 0.29) is 17.4 Å². The second kappa shape index (κ2) is 7.96. The molecule has 0 unspecified atom stereocenters. The van der Waals surface area contributed by atoms with Gasteiger partial charge in [0, 0.05) is 29.1 Å². The summed E-state index contributed by atoms with van der Waals surface area (Å²) in [5.41, 5.74) is 1.51. The van der Waals surface area contributed by atoms with E-state index in [4.69, 9.17) is 4.74 Å². The molecule has 0 aliphatic heterocycles. The summed E-state index contributed by atoms with van der Waals surface area (Å²) >= 11 is 1.19. The van der Waals surface area contributed by atoms with Crippen molar-refractivity contribution in [2.24, 2.45) is 0 Å². The molecule has 6 nitrogen and oxygen atoms in total. The minimum Gasteiger partial charge on any atom is -0.497 e. The number of anilines is 2. The van der Waals surface area contributed by atoms with Gasteiger partial charge >= 0.3 is 0 Å². The molecule has 0 fully saturated rings. The van der Waals surface area contributed by atoms with Crippen LogP contribution in [0.2, 0.25) is 0 Å². The van der Waals surface area contributed by atoms with Gasteiger partial charge in [-0.15, -0.1) is 11.3 Å². The number of nitrogens with zero attached hydrogens (tertiary/aromatic N) is 1. The van der Waals surface area contributed by atoms with Gasteiger partial charge in [-0.25, -0.2) is 9.37 Å². The topological polar surface area (TPSA) is 80.3 Å². The highest BCUT2D eigenvalue weighted by Gasteiger charge is 2.13. The number of halogens is 1. The zero-order valence-electron chi connectivity index (χ0n) is 14.6. The Kier molecular flexibility index (Phi) is 5.46. The third-order valence-electron chi connectivity index (χ3n) is 3.64. The Hall–Kier alpha value is -3.26. The number of rotatable bonds is 5. The molecule has 0 atom stereocenters. The summed E-state index contributed by atoms with van der Waals surface area (Å²) in [6.45, 7) is 1.35. The summed E-state index contributed by atoms with van der Waals surface area (Å²) in [7, 11) is 1.55. The van der Waals surface area contributed by atoms with Crippen LogP contribution < -0.4 is 15.4 Å². The Balaban J connectivity index is 1.74. The second-order valence-electron chi connectivity index (χ2n) is 5.60. The lowest BCUT2D eigenvalue weighted by Crippen LogP contribution is -2.11. The molecule has 0 saturated carbocycles. The van der Waals surface area contributed by atoms with Gasteiger partial charge in [-0.05, 0) is 42.5 Å². The van der Waals surface area contributed by atoms with Crippen molar-refractivity contribution < 1.29 is 18.7 Å². The summed E-state index contributed by atoms with van der Waals surface area (Å²) < 4.78 is 19.4. The molecule has 0 spiro atoms. The normalized spacial score (nSPS) is 10.3. The van der Waals surface area contributed by atoms with Gasteiger partial charge in [0.05, 0.1) is 12.8 Å². The fourth-order valence-electron chi connectivity index (χ4n) is 2.37. The lowest BCUT2D eigenvalue weighted by molar-refractivity contribution is -0.114. The summed E-state index contributed by atoms with van der Waals surface area (Å²) in [5, 5.41) is 7.22. The number of methoxy groups -OCH3 is 1. The Morgan fingerprint density at radius 2 is 1.85 bits per heavy atom. The molecule has 1 heterocycles. The Morgan fingerprint density at radius 3 is 2.48 bits per heavy atom. The highest BCUT2D eigenvalue weighted by Crippen LogP contribution is 2.29. The van der Waals surface area contributed by atoms with E-state index in [1.54, 1.807) is 42.8 Å². The van der Waals surface area contributed by atoms with Crippen LogP contribution in [-0.4, -0.2) is 23.9 Å². The van der Waals surface area contributed by atoms with Crippen molar-refractivity contribution in [3.8, 4) is 17.0 Å². The van der Waals surface area contributed by atoms with Crippen LogP contribution in [0.4, 0.5) is 15.2 Å². The maximum atomic E-state index is 14.3. The molecule has 0 bridgehead atoms. The SMILES string of the molecule is COc1ccc(C(=O)Nc2nc(-c3ccc(NC(C)=O)cc3F)cs2)cc1. The Labute approximate surface area is 159 Å². The minimum absolute atomic E-state index is 0.278. The molecule has 1 aromatic heterocycles. The highest BCUT2D eigenvalue weighted by atomic mass is 32.1. The van der Waals surface area contributed by atoms with Gasteiger partial charge in [-0.2, -0.15) is 0 Å².